The Hall–Kier alpha value is -2.45. The standard InChI is InChI=1S/C19H25NO6S/c1-12-10-17(13(2)9-16(12)24-4)27(21,22)20-11-14-7-8-15(23-3)19(26-6)18(14)25-5/h7-10,20H,11H2,1-6H3. The van der Waals surface area contributed by atoms with E-state index in [9.17, 15) is 8.42 Å². The summed E-state index contributed by atoms with van der Waals surface area (Å²) in [6.45, 7) is 3.57. The summed E-state index contributed by atoms with van der Waals surface area (Å²) in [6.07, 6.45) is 0. The highest BCUT2D eigenvalue weighted by molar-refractivity contribution is 7.89. The number of ether oxygens (including phenoxy) is 4. The van der Waals surface area contributed by atoms with Crippen LogP contribution in [0.2, 0.25) is 0 Å². The Bertz CT molecular complexity index is 924. The quantitative estimate of drug-likeness (QED) is 0.740. The van der Waals surface area contributed by atoms with Crippen LogP contribution in [0.3, 0.4) is 0 Å². The van der Waals surface area contributed by atoms with E-state index < -0.39 is 10.0 Å². The minimum Gasteiger partial charge on any atom is -0.496 e. The summed E-state index contributed by atoms with van der Waals surface area (Å²) in [7, 11) is 2.34. The second-order valence-corrected chi connectivity index (χ2v) is 7.64. The van der Waals surface area contributed by atoms with E-state index >= 15 is 0 Å². The third-order valence-electron chi connectivity index (χ3n) is 4.22. The lowest BCUT2D eigenvalue weighted by molar-refractivity contribution is 0.322. The average molecular weight is 395 g/mol. The van der Waals surface area contributed by atoms with E-state index in [2.05, 4.69) is 4.72 Å². The van der Waals surface area contributed by atoms with Crippen LogP contribution < -0.4 is 23.7 Å². The molecule has 0 unspecified atom stereocenters. The average Bonchev–Trinajstić information content (AvgIpc) is 2.66. The molecule has 0 atom stereocenters. The Labute approximate surface area is 160 Å². The maximum atomic E-state index is 12.8. The third-order valence-corrected chi connectivity index (χ3v) is 5.76. The summed E-state index contributed by atoms with van der Waals surface area (Å²) < 4.78 is 49.4. The number of aryl methyl sites for hydroxylation is 2. The van der Waals surface area contributed by atoms with E-state index in [1.807, 2.05) is 0 Å². The molecule has 0 amide bonds. The van der Waals surface area contributed by atoms with Gasteiger partial charge in [0.15, 0.2) is 11.5 Å². The van der Waals surface area contributed by atoms with E-state index in [0.717, 1.165) is 5.56 Å². The highest BCUT2D eigenvalue weighted by Gasteiger charge is 2.21. The summed E-state index contributed by atoms with van der Waals surface area (Å²) in [6, 6.07) is 6.74. The number of sulfonamides is 1. The maximum Gasteiger partial charge on any atom is 0.241 e. The minimum absolute atomic E-state index is 0.0381. The molecule has 27 heavy (non-hydrogen) atoms. The predicted octanol–water partition coefficient (Wildman–Crippen LogP) is 2.82. The lowest BCUT2D eigenvalue weighted by Crippen LogP contribution is -2.24. The van der Waals surface area contributed by atoms with Gasteiger partial charge in [-0.2, -0.15) is 0 Å². The molecule has 0 heterocycles. The van der Waals surface area contributed by atoms with Gasteiger partial charge in [0.2, 0.25) is 15.8 Å². The number of rotatable bonds is 8. The first-order chi connectivity index (χ1) is 12.8. The van der Waals surface area contributed by atoms with Gasteiger partial charge in [0, 0.05) is 12.1 Å². The van der Waals surface area contributed by atoms with Crippen LogP contribution in [-0.4, -0.2) is 36.9 Å². The van der Waals surface area contributed by atoms with Gasteiger partial charge in [0.05, 0.1) is 33.3 Å². The van der Waals surface area contributed by atoms with Gasteiger partial charge in [-0.15, -0.1) is 0 Å². The molecule has 0 radical (unpaired) electrons. The van der Waals surface area contributed by atoms with Gasteiger partial charge in [-0.25, -0.2) is 13.1 Å². The summed E-state index contributed by atoms with van der Waals surface area (Å²) in [4.78, 5) is 0.209. The SMILES string of the molecule is COc1cc(C)c(S(=O)(=O)NCc2ccc(OC)c(OC)c2OC)cc1C. The molecule has 0 bridgehead atoms. The van der Waals surface area contributed by atoms with Crippen LogP contribution in [0.4, 0.5) is 0 Å². The van der Waals surface area contributed by atoms with Gasteiger partial charge in [0.25, 0.3) is 0 Å². The maximum absolute atomic E-state index is 12.8. The van der Waals surface area contributed by atoms with Crippen LogP contribution in [0.1, 0.15) is 16.7 Å². The van der Waals surface area contributed by atoms with Gasteiger partial charge in [-0.3, -0.25) is 0 Å². The molecular formula is C19H25NO6S. The van der Waals surface area contributed by atoms with Crippen molar-refractivity contribution in [3.63, 3.8) is 0 Å². The zero-order valence-electron chi connectivity index (χ0n) is 16.4. The highest BCUT2D eigenvalue weighted by atomic mass is 32.2. The second-order valence-electron chi connectivity index (χ2n) is 5.91. The highest BCUT2D eigenvalue weighted by Crippen LogP contribution is 2.39. The monoisotopic (exact) mass is 395 g/mol. The molecular weight excluding hydrogens is 370 g/mol. The molecule has 0 aliphatic carbocycles. The van der Waals surface area contributed by atoms with Gasteiger partial charge < -0.3 is 18.9 Å². The predicted molar refractivity (Wildman–Crippen MR) is 103 cm³/mol. The third kappa shape index (κ3) is 4.28. The van der Waals surface area contributed by atoms with Crippen LogP contribution in [0.25, 0.3) is 0 Å². The number of benzene rings is 2. The molecule has 0 saturated carbocycles. The Morgan fingerprint density at radius 3 is 2.00 bits per heavy atom. The number of nitrogens with one attached hydrogen (secondary N) is 1. The zero-order chi connectivity index (χ0) is 20.2. The molecule has 0 saturated heterocycles. The Morgan fingerprint density at radius 2 is 1.44 bits per heavy atom. The van der Waals surface area contributed by atoms with Crippen molar-refractivity contribution in [2.75, 3.05) is 28.4 Å². The van der Waals surface area contributed by atoms with Crippen molar-refractivity contribution in [2.24, 2.45) is 0 Å². The van der Waals surface area contributed by atoms with E-state index in [-0.39, 0.29) is 11.4 Å². The molecule has 1 N–H and O–H groups in total. The van der Waals surface area contributed by atoms with E-state index in [4.69, 9.17) is 18.9 Å². The lowest BCUT2D eigenvalue weighted by Gasteiger charge is -2.17. The molecule has 2 aromatic carbocycles. The Kier molecular flexibility index (Phi) is 6.56. The lowest BCUT2D eigenvalue weighted by atomic mass is 10.1. The van der Waals surface area contributed by atoms with Crippen LogP contribution in [0.5, 0.6) is 23.0 Å². The fourth-order valence-corrected chi connectivity index (χ4v) is 4.14. The number of hydrogen-bond acceptors (Lipinski definition) is 6. The van der Waals surface area contributed by atoms with Gasteiger partial charge >= 0.3 is 0 Å². The van der Waals surface area contributed by atoms with Crippen LogP contribution in [0, 0.1) is 13.8 Å². The fraction of sp³-hybridized carbons (Fsp3) is 0.368. The van der Waals surface area contributed by atoms with E-state index in [1.54, 1.807) is 45.2 Å². The molecule has 8 heteroatoms. The van der Waals surface area contributed by atoms with Gasteiger partial charge in [-0.1, -0.05) is 6.07 Å². The molecule has 0 aliphatic heterocycles. The van der Waals surface area contributed by atoms with Crippen LogP contribution in [-0.2, 0) is 16.6 Å². The number of hydrogen-bond donors (Lipinski definition) is 1. The Morgan fingerprint density at radius 1 is 0.815 bits per heavy atom. The molecule has 0 aliphatic rings. The first kappa shape index (κ1) is 20.9. The number of methoxy groups -OCH3 is 4. The summed E-state index contributed by atoms with van der Waals surface area (Å²) in [5, 5.41) is 0. The molecule has 0 fully saturated rings. The largest absolute Gasteiger partial charge is 0.496 e. The van der Waals surface area contributed by atoms with Crippen molar-refractivity contribution in [3.8, 4) is 23.0 Å². The van der Waals surface area contributed by atoms with Crippen molar-refractivity contribution < 1.29 is 27.4 Å². The van der Waals surface area contributed by atoms with Gasteiger partial charge in [0.1, 0.15) is 5.75 Å². The smallest absolute Gasteiger partial charge is 0.241 e. The summed E-state index contributed by atoms with van der Waals surface area (Å²) >= 11 is 0. The first-order valence-electron chi connectivity index (χ1n) is 8.21. The topological polar surface area (TPSA) is 83.1 Å². The summed E-state index contributed by atoms with van der Waals surface area (Å²) in [5.74, 6) is 1.98. The second kappa shape index (κ2) is 8.49. The normalized spacial score (nSPS) is 11.2. The minimum atomic E-state index is -3.73. The van der Waals surface area contributed by atoms with E-state index in [1.165, 1.54) is 21.3 Å². The van der Waals surface area contributed by atoms with E-state index in [0.29, 0.717) is 34.1 Å². The molecule has 148 valence electrons. The van der Waals surface area contributed by atoms with Crippen molar-refractivity contribution in [1.82, 2.24) is 4.72 Å². The van der Waals surface area contributed by atoms with Crippen molar-refractivity contribution in [1.29, 1.82) is 0 Å². The molecule has 0 aromatic heterocycles. The zero-order valence-corrected chi connectivity index (χ0v) is 17.2. The van der Waals surface area contributed by atoms with Crippen molar-refractivity contribution >= 4 is 10.0 Å². The Balaban J connectivity index is 2.35. The summed E-state index contributed by atoms with van der Waals surface area (Å²) in [5.41, 5.74) is 1.97. The van der Waals surface area contributed by atoms with Crippen LogP contribution >= 0.6 is 0 Å². The molecule has 2 aromatic rings. The van der Waals surface area contributed by atoms with Crippen LogP contribution in [0.15, 0.2) is 29.2 Å². The molecule has 0 spiro atoms. The molecule has 7 nitrogen and oxygen atoms in total. The van der Waals surface area contributed by atoms with Crippen molar-refractivity contribution in [2.45, 2.75) is 25.3 Å². The van der Waals surface area contributed by atoms with Crippen molar-refractivity contribution in [3.05, 3.63) is 41.0 Å². The molecule has 2 rings (SSSR count). The first-order valence-corrected chi connectivity index (χ1v) is 9.70. The fourth-order valence-electron chi connectivity index (χ4n) is 2.83. The van der Waals surface area contributed by atoms with Gasteiger partial charge in [-0.05, 0) is 43.2 Å².